The van der Waals surface area contributed by atoms with Gasteiger partial charge in [0.2, 0.25) is 0 Å². The van der Waals surface area contributed by atoms with E-state index in [0.717, 1.165) is 12.3 Å². The van der Waals surface area contributed by atoms with Crippen LogP contribution in [0.1, 0.15) is 32.5 Å². The summed E-state index contributed by atoms with van der Waals surface area (Å²) in [6.07, 6.45) is -3.76. The van der Waals surface area contributed by atoms with Gasteiger partial charge in [-0.1, -0.05) is 0 Å². The van der Waals surface area contributed by atoms with Crippen LogP contribution in [0, 0.1) is 5.82 Å². The maximum Gasteiger partial charge on any atom is 0.410 e. The summed E-state index contributed by atoms with van der Waals surface area (Å²) in [5, 5.41) is 0. The van der Waals surface area contributed by atoms with E-state index < -0.39 is 39.5 Å². The van der Waals surface area contributed by atoms with Gasteiger partial charge in [0.1, 0.15) is 11.5 Å². The fourth-order valence-corrected chi connectivity index (χ4v) is 2.32. The van der Waals surface area contributed by atoms with Crippen molar-refractivity contribution in [3.8, 4) is 0 Å². The van der Waals surface area contributed by atoms with Crippen molar-refractivity contribution in [2.24, 2.45) is 0 Å². The Balaban J connectivity index is 3.18. The fourth-order valence-electron chi connectivity index (χ4n) is 1.20. The molecule has 20 heavy (non-hydrogen) atoms. The van der Waals surface area contributed by atoms with Gasteiger partial charge in [-0.05, 0) is 42.8 Å². The lowest BCUT2D eigenvalue weighted by Gasteiger charge is -2.25. The van der Waals surface area contributed by atoms with Crippen LogP contribution in [-0.4, -0.2) is 20.1 Å². The summed E-state index contributed by atoms with van der Waals surface area (Å²) in [5.74, 6) is -1.12. The summed E-state index contributed by atoms with van der Waals surface area (Å²) in [6.45, 7) is 4.53. The third kappa shape index (κ3) is 4.49. The van der Waals surface area contributed by atoms with Gasteiger partial charge in [-0.2, -0.15) is 13.2 Å². The molecule has 0 saturated heterocycles. The Morgan fingerprint density at radius 1 is 1.35 bits per heavy atom. The summed E-state index contributed by atoms with van der Waals surface area (Å²) in [5.41, 5.74) is -0.835. The first-order valence-corrected chi connectivity index (χ1v) is 7.43. The normalized spacial score (nSPS) is 16.0. The molecule has 0 aliphatic rings. The Labute approximate surface area is 124 Å². The highest BCUT2D eigenvalue weighted by Gasteiger charge is 2.45. The number of alkyl halides is 3. The fraction of sp³-hybridized carbons (Fsp3) is 0.545. The number of nitrogens with one attached hydrogen (secondary N) is 1. The second-order valence-corrected chi connectivity index (χ2v) is 7.91. The van der Waals surface area contributed by atoms with Gasteiger partial charge < -0.3 is 0 Å². The van der Waals surface area contributed by atoms with E-state index in [0.29, 0.717) is 0 Å². The molecule has 0 radical (unpaired) electrons. The molecule has 0 aromatic carbocycles. The van der Waals surface area contributed by atoms with E-state index in [1.54, 1.807) is 0 Å². The van der Waals surface area contributed by atoms with Crippen LogP contribution >= 0.6 is 15.9 Å². The van der Waals surface area contributed by atoms with E-state index in [9.17, 15) is 21.8 Å². The van der Waals surface area contributed by atoms with Gasteiger partial charge in [-0.3, -0.25) is 4.98 Å². The van der Waals surface area contributed by atoms with Crippen LogP contribution in [0.4, 0.5) is 17.6 Å². The van der Waals surface area contributed by atoms with Gasteiger partial charge in [-0.25, -0.2) is 13.3 Å². The largest absolute Gasteiger partial charge is 0.410 e. The maximum atomic E-state index is 13.6. The van der Waals surface area contributed by atoms with Gasteiger partial charge in [0.25, 0.3) is 0 Å². The van der Waals surface area contributed by atoms with Crippen LogP contribution in [-0.2, 0) is 11.0 Å². The monoisotopic (exact) mass is 376 g/mol. The van der Waals surface area contributed by atoms with Crippen molar-refractivity contribution < 1.29 is 21.8 Å². The van der Waals surface area contributed by atoms with Crippen LogP contribution in [0.2, 0.25) is 0 Å². The van der Waals surface area contributed by atoms with Crippen molar-refractivity contribution in [1.82, 2.24) is 9.71 Å². The molecule has 1 aromatic rings. The van der Waals surface area contributed by atoms with Gasteiger partial charge in [-0.15, -0.1) is 0 Å². The van der Waals surface area contributed by atoms with Crippen molar-refractivity contribution in [2.75, 3.05) is 0 Å². The quantitative estimate of drug-likeness (QED) is 0.818. The number of hydrogen-bond acceptors (Lipinski definition) is 2. The molecule has 0 fully saturated rings. The number of hydrogen-bond donors (Lipinski definition) is 1. The van der Waals surface area contributed by atoms with E-state index in [1.165, 1.54) is 20.8 Å². The Hall–Kier alpha value is -0.540. The van der Waals surface area contributed by atoms with E-state index in [1.807, 2.05) is 4.72 Å². The van der Waals surface area contributed by atoms with E-state index in [2.05, 4.69) is 20.9 Å². The molecule has 1 N–H and O–H groups in total. The zero-order valence-electron chi connectivity index (χ0n) is 10.9. The van der Waals surface area contributed by atoms with Crippen molar-refractivity contribution >= 4 is 26.9 Å². The van der Waals surface area contributed by atoms with Crippen molar-refractivity contribution in [3.05, 3.63) is 28.2 Å². The first kappa shape index (κ1) is 17.5. The highest BCUT2D eigenvalue weighted by molar-refractivity contribution is 9.10. The number of rotatable bonds is 3. The average Bonchev–Trinajstić information content (AvgIpc) is 2.23. The number of halogens is 5. The molecule has 1 aromatic heterocycles. The molecule has 0 spiro atoms. The molecule has 1 unspecified atom stereocenters. The molecular formula is C11H13BrF4N2OS. The lowest BCUT2D eigenvalue weighted by molar-refractivity contribution is -0.154. The van der Waals surface area contributed by atoms with Gasteiger partial charge in [0.05, 0.1) is 15.7 Å². The van der Waals surface area contributed by atoms with Crippen LogP contribution in [0.15, 0.2) is 16.7 Å². The summed E-state index contributed by atoms with van der Waals surface area (Å²) in [7, 11) is -2.02. The summed E-state index contributed by atoms with van der Waals surface area (Å²) in [6, 6.07) is -1.56. The van der Waals surface area contributed by atoms with E-state index in [-0.39, 0.29) is 4.47 Å². The Bertz CT molecular complexity index is 516. The molecule has 1 rings (SSSR count). The van der Waals surface area contributed by atoms with Crippen molar-refractivity contribution in [3.63, 3.8) is 0 Å². The molecular weight excluding hydrogens is 364 g/mol. The molecule has 0 bridgehead atoms. The Kier molecular flexibility index (Phi) is 5.31. The Morgan fingerprint density at radius 2 is 1.90 bits per heavy atom. The predicted molar refractivity (Wildman–Crippen MR) is 71.7 cm³/mol. The SMILES string of the molecule is CC(C)(C)S(=O)N[C@@H](c1ncc(Br)cc1F)C(F)(F)F. The van der Waals surface area contributed by atoms with Gasteiger partial charge in [0.15, 0.2) is 6.04 Å². The molecule has 3 nitrogen and oxygen atoms in total. The number of aromatic nitrogens is 1. The maximum absolute atomic E-state index is 13.6. The lowest BCUT2D eigenvalue weighted by Crippen LogP contribution is -2.42. The molecule has 114 valence electrons. The Morgan fingerprint density at radius 3 is 2.30 bits per heavy atom. The lowest BCUT2D eigenvalue weighted by atomic mass is 10.2. The van der Waals surface area contributed by atoms with Crippen LogP contribution in [0.25, 0.3) is 0 Å². The van der Waals surface area contributed by atoms with E-state index >= 15 is 0 Å². The second-order valence-electron chi connectivity index (χ2n) is 4.99. The smallest absolute Gasteiger partial charge is 0.255 e. The summed E-state index contributed by atoms with van der Waals surface area (Å²) in [4.78, 5) is 3.44. The third-order valence-electron chi connectivity index (χ3n) is 2.22. The van der Waals surface area contributed by atoms with Crippen LogP contribution in [0.3, 0.4) is 0 Å². The molecule has 2 atom stereocenters. The molecule has 9 heteroatoms. The van der Waals surface area contributed by atoms with Gasteiger partial charge in [0, 0.05) is 10.7 Å². The highest BCUT2D eigenvalue weighted by atomic mass is 79.9. The molecule has 1 heterocycles. The molecule has 0 aliphatic carbocycles. The minimum absolute atomic E-state index is 0.219. The van der Waals surface area contributed by atoms with E-state index in [4.69, 9.17) is 0 Å². The average molecular weight is 377 g/mol. The standard InChI is InChI=1S/C11H13BrF4N2OS/c1-10(2,3)20(19)18-9(11(14,15)16)8-7(13)4-6(12)5-17-8/h4-5,9,18H,1-3H3/t9-,20?/m0/s1. The first-order valence-electron chi connectivity index (χ1n) is 5.48. The molecule has 0 saturated carbocycles. The molecule has 0 amide bonds. The van der Waals surface area contributed by atoms with Crippen LogP contribution in [0.5, 0.6) is 0 Å². The van der Waals surface area contributed by atoms with Crippen molar-refractivity contribution in [2.45, 2.75) is 37.7 Å². The zero-order chi connectivity index (χ0) is 15.7. The zero-order valence-corrected chi connectivity index (χ0v) is 13.3. The van der Waals surface area contributed by atoms with Crippen LogP contribution < -0.4 is 4.72 Å². The summed E-state index contributed by atoms with van der Waals surface area (Å²) < 4.78 is 65.7. The first-order chi connectivity index (χ1) is 8.93. The number of pyridine rings is 1. The second kappa shape index (κ2) is 6.07. The van der Waals surface area contributed by atoms with Gasteiger partial charge >= 0.3 is 6.18 Å². The van der Waals surface area contributed by atoms with Crippen molar-refractivity contribution in [1.29, 1.82) is 0 Å². The highest BCUT2D eigenvalue weighted by Crippen LogP contribution is 2.34. The predicted octanol–water partition coefficient (Wildman–Crippen LogP) is 3.64. The summed E-state index contributed by atoms with van der Waals surface area (Å²) >= 11 is 2.91. The minimum atomic E-state index is -4.82. The molecule has 0 aliphatic heterocycles. The topological polar surface area (TPSA) is 42.0 Å². The minimum Gasteiger partial charge on any atom is -0.255 e. The third-order valence-corrected chi connectivity index (χ3v) is 4.21. The number of nitrogens with zero attached hydrogens (tertiary/aromatic N) is 1.